The zero-order valence-corrected chi connectivity index (χ0v) is 27.6. The van der Waals surface area contributed by atoms with Crippen LogP contribution in [0.1, 0.15) is 70.6 Å². The van der Waals surface area contributed by atoms with E-state index in [1.807, 2.05) is 12.2 Å². The molecular weight excluding hydrogens is 670 g/mol. The molecule has 0 radical (unpaired) electrons. The number of amides is 3. The number of nitrogens with zero attached hydrogens (tertiary/aromatic N) is 1. The molecule has 246 valence electrons. The first kappa shape index (κ1) is 33.4. The highest BCUT2D eigenvalue weighted by molar-refractivity contribution is 9.10. The summed E-state index contributed by atoms with van der Waals surface area (Å²) in [5.74, 6) is -2.03. The molecule has 2 heterocycles. The third-order valence-electron chi connectivity index (χ3n) is 9.02. The van der Waals surface area contributed by atoms with Gasteiger partial charge in [-0.05, 0) is 75.6 Å². The Balaban J connectivity index is 1.41. The van der Waals surface area contributed by atoms with Crippen molar-refractivity contribution in [1.82, 2.24) is 15.5 Å². The Labute approximate surface area is 271 Å². The highest BCUT2D eigenvalue weighted by Crippen LogP contribution is 2.46. The van der Waals surface area contributed by atoms with Crippen LogP contribution < -0.4 is 10.6 Å². The van der Waals surface area contributed by atoms with Gasteiger partial charge in [-0.15, -0.1) is 0 Å². The van der Waals surface area contributed by atoms with E-state index in [4.69, 9.17) is 13.7 Å². The number of fused-ring (bicyclic) bond motifs is 2. The maximum absolute atomic E-state index is 14.1. The molecule has 12 nitrogen and oxygen atoms in total. The number of nitrogens with one attached hydrogen (secondary N) is 2. The number of hydrogen-bond acceptors (Lipinski definition) is 9. The van der Waals surface area contributed by atoms with E-state index in [2.05, 4.69) is 26.6 Å². The number of methoxy groups -OCH3 is 1. The van der Waals surface area contributed by atoms with Crippen molar-refractivity contribution in [1.29, 1.82) is 0 Å². The Morgan fingerprint density at radius 1 is 1.02 bits per heavy atom. The fraction of sp³-hybridized carbons (Fsp3) is 0.613. The van der Waals surface area contributed by atoms with Crippen molar-refractivity contribution in [2.75, 3.05) is 13.7 Å². The van der Waals surface area contributed by atoms with Crippen molar-refractivity contribution in [3.05, 3.63) is 40.9 Å². The van der Waals surface area contributed by atoms with Gasteiger partial charge in [-0.1, -0.05) is 40.9 Å². The second kappa shape index (κ2) is 14.2. The van der Waals surface area contributed by atoms with E-state index in [0.29, 0.717) is 23.7 Å². The molecule has 2 aliphatic carbocycles. The minimum Gasteiger partial charge on any atom is -0.467 e. The molecule has 2 aliphatic heterocycles. The van der Waals surface area contributed by atoms with E-state index in [0.717, 1.165) is 44.9 Å². The van der Waals surface area contributed by atoms with Crippen LogP contribution >= 0.6 is 15.9 Å². The van der Waals surface area contributed by atoms with E-state index >= 15 is 0 Å². The molecule has 0 spiro atoms. The van der Waals surface area contributed by atoms with Gasteiger partial charge in [0.05, 0.1) is 18.1 Å². The van der Waals surface area contributed by atoms with E-state index < -0.39 is 57.7 Å². The van der Waals surface area contributed by atoms with Gasteiger partial charge in [0.1, 0.15) is 23.7 Å². The van der Waals surface area contributed by atoms with Crippen molar-refractivity contribution < 1.29 is 41.3 Å². The first-order valence-corrected chi connectivity index (χ1v) is 17.8. The summed E-state index contributed by atoms with van der Waals surface area (Å²) >= 11 is 3.28. The van der Waals surface area contributed by atoms with Crippen molar-refractivity contribution in [2.24, 2.45) is 5.92 Å². The molecule has 14 heteroatoms. The third kappa shape index (κ3) is 7.89. The molecule has 5 rings (SSSR count). The summed E-state index contributed by atoms with van der Waals surface area (Å²) in [6, 6.07) is 3.76. The van der Waals surface area contributed by atoms with Crippen molar-refractivity contribution in [3.63, 3.8) is 0 Å². The van der Waals surface area contributed by atoms with Crippen LogP contribution in [0.15, 0.2) is 45.8 Å². The van der Waals surface area contributed by atoms with Crippen LogP contribution in [0.4, 0.5) is 4.79 Å². The van der Waals surface area contributed by atoms with Gasteiger partial charge in [0, 0.05) is 23.4 Å². The summed E-state index contributed by atoms with van der Waals surface area (Å²) in [7, 11) is -2.99. The number of hydrogen-bond donors (Lipinski definition) is 2. The standard InChI is InChI=1S/C31H40BrN3O9S/c1-42-29(38)31-18-20(31)9-5-3-2-4-6-12-25(33-30(39)43-22-10-7-8-11-22)28(37)35-19-23(17-26(35)27(36)34-31)44-45(40,41)24-15-13-21(32)14-16-24/h5,9,13-16,20,22-23,25-26H,2-4,6-8,10-12,17-19H2,1H3,(H,33,39)(H,34,36)/b9-5-/t20-,23+,25-,26-,31+/m0/s1. The number of alkyl carbamates (subject to hydrolysis) is 1. The van der Waals surface area contributed by atoms with Crippen molar-refractivity contribution in [2.45, 2.75) is 105 Å². The van der Waals surface area contributed by atoms with Gasteiger partial charge in [-0.3, -0.25) is 13.8 Å². The Kier molecular flexibility index (Phi) is 10.5. The first-order chi connectivity index (χ1) is 21.5. The fourth-order valence-corrected chi connectivity index (χ4v) is 7.81. The molecule has 1 saturated heterocycles. The molecule has 1 aromatic carbocycles. The van der Waals surface area contributed by atoms with Crippen molar-refractivity contribution >= 4 is 49.9 Å². The molecule has 4 aliphatic rings. The van der Waals surface area contributed by atoms with Crippen LogP contribution in [0.5, 0.6) is 0 Å². The second-order valence-corrected chi connectivity index (χ2v) is 14.7. The minimum absolute atomic E-state index is 0.0719. The molecule has 3 fully saturated rings. The highest BCUT2D eigenvalue weighted by atomic mass is 79.9. The number of rotatable bonds is 6. The van der Waals surface area contributed by atoms with Gasteiger partial charge < -0.3 is 25.0 Å². The smallest absolute Gasteiger partial charge is 0.408 e. The van der Waals surface area contributed by atoms with E-state index in [9.17, 15) is 27.6 Å². The maximum Gasteiger partial charge on any atom is 0.408 e. The maximum atomic E-state index is 14.1. The lowest BCUT2D eigenvalue weighted by Crippen LogP contribution is -2.56. The Morgan fingerprint density at radius 2 is 1.73 bits per heavy atom. The van der Waals surface area contributed by atoms with Gasteiger partial charge in [-0.2, -0.15) is 8.42 Å². The second-order valence-electron chi connectivity index (χ2n) is 12.2. The predicted octanol–water partition coefficient (Wildman–Crippen LogP) is 3.73. The third-order valence-corrected chi connectivity index (χ3v) is 10.9. The van der Waals surface area contributed by atoms with E-state index in [1.165, 1.54) is 24.1 Å². The van der Waals surface area contributed by atoms with E-state index in [1.54, 1.807) is 12.1 Å². The lowest BCUT2D eigenvalue weighted by molar-refractivity contribution is -0.148. The lowest BCUT2D eigenvalue weighted by Gasteiger charge is -2.29. The first-order valence-electron chi connectivity index (χ1n) is 15.6. The number of esters is 1. The molecular formula is C31H40BrN3O9S. The van der Waals surface area contributed by atoms with Crippen LogP contribution in [0.25, 0.3) is 0 Å². The van der Waals surface area contributed by atoms with Crippen LogP contribution in [-0.4, -0.2) is 80.7 Å². The van der Waals surface area contributed by atoms with E-state index in [-0.39, 0.29) is 29.9 Å². The highest BCUT2D eigenvalue weighted by Gasteiger charge is 2.62. The van der Waals surface area contributed by atoms with Crippen molar-refractivity contribution in [3.8, 4) is 0 Å². The number of ether oxygens (including phenoxy) is 2. The molecule has 0 bridgehead atoms. The topological polar surface area (TPSA) is 157 Å². The van der Waals surface area contributed by atoms with Gasteiger partial charge in [0.2, 0.25) is 11.8 Å². The Bertz CT molecular complexity index is 1410. The number of benzene rings is 1. The Hall–Kier alpha value is -2.97. The summed E-state index contributed by atoms with van der Waals surface area (Å²) in [4.78, 5) is 54.9. The molecule has 5 atom stereocenters. The summed E-state index contributed by atoms with van der Waals surface area (Å²) in [6.07, 6.45) is 8.96. The van der Waals surface area contributed by atoms with Crippen LogP contribution in [0.2, 0.25) is 0 Å². The van der Waals surface area contributed by atoms with Gasteiger partial charge in [0.25, 0.3) is 10.1 Å². The largest absolute Gasteiger partial charge is 0.467 e. The fourth-order valence-electron chi connectivity index (χ4n) is 6.47. The number of allylic oxidation sites excluding steroid dienone is 1. The SMILES string of the molecule is COC(=O)[C@@]12C[C@@H]1/C=C\CCCCC[C@H](NC(=O)OC1CCCC1)C(=O)N1C[C@H](OS(=O)(=O)c3ccc(Br)cc3)C[C@H]1C(=O)N2. The molecule has 0 aromatic heterocycles. The average molecular weight is 711 g/mol. The van der Waals surface area contributed by atoms with Gasteiger partial charge in [-0.25, -0.2) is 9.59 Å². The minimum atomic E-state index is -4.24. The van der Waals surface area contributed by atoms with Crippen LogP contribution in [0, 0.1) is 5.92 Å². The predicted molar refractivity (Wildman–Crippen MR) is 165 cm³/mol. The summed E-state index contributed by atoms with van der Waals surface area (Å²) in [5, 5.41) is 5.55. The van der Waals surface area contributed by atoms with Gasteiger partial charge >= 0.3 is 12.1 Å². The summed E-state index contributed by atoms with van der Waals surface area (Å²) < 4.78 is 43.1. The zero-order valence-electron chi connectivity index (χ0n) is 25.2. The average Bonchev–Trinajstić information content (AvgIpc) is 3.29. The molecule has 0 unspecified atom stereocenters. The monoisotopic (exact) mass is 709 g/mol. The Morgan fingerprint density at radius 3 is 2.44 bits per heavy atom. The van der Waals surface area contributed by atoms with Crippen LogP contribution in [0.3, 0.4) is 0 Å². The molecule has 3 amide bonds. The summed E-state index contributed by atoms with van der Waals surface area (Å²) in [5.41, 5.74) is -1.28. The number of halogens is 1. The number of carbonyl (C=O) groups is 4. The zero-order chi connectivity index (χ0) is 32.2. The van der Waals surface area contributed by atoms with Crippen LogP contribution in [-0.2, 0) is 38.2 Å². The quantitative estimate of drug-likeness (QED) is 0.255. The van der Waals surface area contributed by atoms with Gasteiger partial charge in [0.15, 0.2) is 0 Å². The molecule has 2 N–H and O–H groups in total. The summed E-state index contributed by atoms with van der Waals surface area (Å²) in [6.45, 7) is -0.211. The normalized spacial score (nSPS) is 30.2. The molecule has 1 aromatic rings. The number of carbonyl (C=O) groups excluding carboxylic acids is 4. The molecule has 2 saturated carbocycles. The molecule has 45 heavy (non-hydrogen) atoms. The lowest BCUT2D eigenvalue weighted by atomic mass is 10.0.